The van der Waals surface area contributed by atoms with Gasteiger partial charge in [-0.25, -0.2) is 0 Å². The molecular weight excluding hydrogens is 254 g/mol. The van der Waals surface area contributed by atoms with Gasteiger partial charge in [0.25, 0.3) is 5.91 Å². The van der Waals surface area contributed by atoms with Gasteiger partial charge < -0.3 is 10.6 Å². The van der Waals surface area contributed by atoms with Crippen molar-refractivity contribution in [2.24, 2.45) is 0 Å². The summed E-state index contributed by atoms with van der Waals surface area (Å²) in [5, 5.41) is 10.5. The molecule has 0 unspecified atom stereocenters. The molecule has 0 atom stereocenters. The third-order valence-corrected chi connectivity index (χ3v) is 3.47. The number of anilines is 1. The molecule has 3 rings (SSSR count). The van der Waals surface area contributed by atoms with Crippen molar-refractivity contribution < 1.29 is 4.79 Å². The van der Waals surface area contributed by atoms with E-state index in [0.29, 0.717) is 11.6 Å². The fourth-order valence-electron chi connectivity index (χ4n) is 2.37. The first-order chi connectivity index (χ1) is 9.83. The second-order valence-electron chi connectivity index (χ2n) is 4.89. The third-order valence-electron chi connectivity index (χ3n) is 3.47. The minimum atomic E-state index is -0.164. The molecule has 1 amide bonds. The van der Waals surface area contributed by atoms with Crippen LogP contribution in [0.25, 0.3) is 0 Å². The number of piperidine rings is 1. The highest BCUT2D eigenvalue weighted by Crippen LogP contribution is 2.19. The zero-order valence-corrected chi connectivity index (χ0v) is 11.1. The molecule has 0 radical (unpaired) electrons. The first-order valence-corrected chi connectivity index (χ1v) is 6.79. The van der Waals surface area contributed by atoms with Gasteiger partial charge in [-0.05, 0) is 38.1 Å². The standard InChI is InChI=1S/C14H17N5O/c20-14(11-2-1-5-16-8-11)18-12-9-17-19(10-12)13-3-6-15-7-4-13/h1-2,5,8-10,13,15H,3-4,6-7H2,(H,18,20). The lowest BCUT2D eigenvalue weighted by atomic mass is 10.1. The van der Waals surface area contributed by atoms with Crippen LogP contribution in [0.15, 0.2) is 36.9 Å². The Balaban J connectivity index is 1.66. The molecule has 104 valence electrons. The summed E-state index contributed by atoms with van der Waals surface area (Å²) in [6, 6.07) is 3.90. The van der Waals surface area contributed by atoms with Gasteiger partial charge in [0, 0.05) is 18.6 Å². The zero-order chi connectivity index (χ0) is 13.8. The number of amides is 1. The molecule has 1 aliphatic rings. The van der Waals surface area contributed by atoms with Crippen molar-refractivity contribution in [3.8, 4) is 0 Å². The molecule has 1 saturated heterocycles. The van der Waals surface area contributed by atoms with E-state index in [0.717, 1.165) is 31.6 Å². The molecule has 1 fully saturated rings. The van der Waals surface area contributed by atoms with Crippen molar-refractivity contribution in [2.75, 3.05) is 18.4 Å². The maximum atomic E-state index is 12.0. The number of hydrogen-bond acceptors (Lipinski definition) is 4. The highest BCUT2D eigenvalue weighted by Gasteiger charge is 2.16. The van der Waals surface area contributed by atoms with Gasteiger partial charge in [-0.2, -0.15) is 5.10 Å². The molecule has 1 aliphatic heterocycles. The Bertz CT molecular complexity index is 574. The fraction of sp³-hybridized carbons (Fsp3) is 0.357. The van der Waals surface area contributed by atoms with Crippen molar-refractivity contribution in [1.82, 2.24) is 20.1 Å². The van der Waals surface area contributed by atoms with Gasteiger partial charge in [-0.3, -0.25) is 14.5 Å². The van der Waals surface area contributed by atoms with Crippen LogP contribution >= 0.6 is 0 Å². The average molecular weight is 271 g/mol. The first kappa shape index (κ1) is 12.8. The Labute approximate surface area is 117 Å². The maximum absolute atomic E-state index is 12.0. The van der Waals surface area contributed by atoms with Crippen LogP contribution in [0.3, 0.4) is 0 Å². The van der Waals surface area contributed by atoms with Gasteiger partial charge in [0.2, 0.25) is 0 Å². The Hall–Kier alpha value is -2.21. The molecule has 0 aliphatic carbocycles. The van der Waals surface area contributed by atoms with Crippen LogP contribution in [0.5, 0.6) is 0 Å². The molecule has 3 heterocycles. The summed E-state index contributed by atoms with van der Waals surface area (Å²) in [6.07, 6.45) is 8.91. The van der Waals surface area contributed by atoms with E-state index in [1.807, 2.05) is 10.9 Å². The number of rotatable bonds is 3. The minimum Gasteiger partial charge on any atom is -0.319 e. The van der Waals surface area contributed by atoms with Crippen LogP contribution in [-0.4, -0.2) is 33.8 Å². The number of aromatic nitrogens is 3. The molecule has 6 nitrogen and oxygen atoms in total. The van der Waals surface area contributed by atoms with Gasteiger partial charge in [-0.15, -0.1) is 0 Å². The molecule has 0 aromatic carbocycles. The molecule has 0 bridgehead atoms. The fourth-order valence-corrected chi connectivity index (χ4v) is 2.37. The molecule has 20 heavy (non-hydrogen) atoms. The molecule has 2 N–H and O–H groups in total. The van der Waals surface area contributed by atoms with E-state index in [1.54, 1.807) is 30.7 Å². The number of nitrogens with one attached hydrogen (secondary N) is 2. The number of hydrogen-bond donors (Lipinski definition) is 2. The number of carbonyl (C=O) groups is 1. The zero-order valence-electron chi connectivity index (χ0n) is 11.1. The van der Waals surface area contributed by atoms with Gasteiger partial charge in [0.1, 0.15) is 0 Å². The van der Waals surface area contributed by atoms with Crippen molar-refractivity contribution >= 4 is 11.6 Å². The normalized spacial score (nSPS) is 16.0. The van der Waals surface area contributed by atoms with Crippen LogP contribution < -0.4 is 10.6 Å². The van der Waals surface area contributed by atoms with E-state index < -0.39 is 0 Å². The summed E-state index contributed by atoms with van der Waals surface area (Å²) >= 11 is 0. The summed E-state index contributed by atoms with van der Waals surface area (Å²) in [5.41, 5.74) is 1.26. The van der Waals surface area contributed by atoms with E-state index in [4.69, 9.17) is 0 Å². The Morgan fingerprint density at radius 2 is 2.20 bits per heavy atom. The predicted octanol–water partition coefficient (Wildman–Crippen LogP) is 1.45. The van der Waals surface area contributed by atoms with Gasteiger partial charge >= 0.3 is 0 Å². The van der Waals surface area contributed by atoms with E-state index in [-0.39, 0.29) is 5.91 Å². The quantitative estimate of drug-likeness (QED) is 0.886. The predicted molar refractivity (Wildman–Crippen MR) is 75.6 cm³/mol. The van der Waals surface area contributed by atoms with Crippen molar-refractivity contribution in [3.63, 3.8) is 0 Å². The lowest BCUT2D eigenvalue weighted by Crippen LogP contribution is -2.29. The average Bonchev–Trinajstić information content (AvgIpc) is 2.97. The van der Waals surface area contributed by atoms with Gasteiger partial charge in [-0.1, -0.05) is 0 Å². The molecule has 2 aromatic heterocycles. The van der Waals surface area contributed by atoms with E-state index in [9.17, 15) is 4.79 Å². The highest BCUT2D eigenvalue weighted by molar-refractivity contribution is 6.03. The number of nitrogens with zero attached hydrogens (tertiary/aromatic N) is 3. The van der Waals surface area contributed by atoms with E-state index in [2.05, 4.69) is 20.7 Å². The highest BCUT2D eigenvalue weighted by atomic mass is 16.1. The number of pyridine rings is 1. The van der Waals surface area contributed by atoms with Gasteiger partial charge in [0.05, 0.1) is 23.5 Å². The van der Waals surface area contributed by atoms with Crippen LogP contribution in [0.1, 0.15) is 29.2 Å². The van der Waals surface area contributed by atoms with Crippen LogP contribution in [0.2, 0.25) is 0 Å². The monoisotopic (exact) mass is 271 g/mol. The lowest BCUT2D eigenvalue weighted by molar-refractivity contribution is 0.102. The molecule has 0 spiro atoms. The topological polar surface area (TPSA) is 71.8 Å². The molecular formula is C14H17N5O. The van der Waals surface area contributed by atoms with Crippen molar-refractivity contribution in [2.45, 2.75) is 18.9 Å². The summed E-state index contributed by atoms with van der Waals surface area (Å²) in [5.74, 6) is -0.164. The van der Waals surface area contributed by atoms with E-state index in [1.165, 1.54) is 0 Å². The number of carbonyl (C=O) groups excluding carboxylic acids is 1. The first-order valence-electron chi connectivity index (χ1n) is 6.79. The van der Waals surface area contributed by atoms with Crippen LogP contribution in [0, 0.1) is 0 Å². The van der Waals surface area contributed by atoms with Gasteiger partial charge in [0.15, 0.2) is 0 Å². The third kappa shape index (κ3) is 2.85. The Kier molecular flexibility index (Phi) is 3.73. The SMILES string of the molecule is O=C(Nc1cnn(C2CCNCC2)c1)c1cccnc1. The smallest absolute Gasteiger partial charge is 0.257 e. The van der Waals surface area contributed by atoms with Crippen molar-refractivity contribution in [1.29, 1.82) is 0 Å². The second kappa shape index (κ2) is 5.83. The summed E-state index contributed by atoms with van der Waals surface area (Å²) in [6.45, 7) is 2.03. The maximum Gasteiger partial charge on any atom is 0.257 e. The van der Waals surface area contributed by atoms with E-state index >= 15 is 0 Å². The summed E-state index contributed by atoms with van der Waals surface area (Å²) in [4.78, 5) is 15.9. The minimum absolute atomic E-state index is 0.164. The van der Waals surface area contributed by atoms with Crippen LogP contribution in [0.4, 0.5) is 5.69 Å². The summed E-state index contributed by atoms with van der Waals surface area (Å²) < 4.78 is 1.94. The molecule has 0 saturated carbocycles. The summed E-state index contributed by atoms with van der Waals surface area (Å²) in [7, 11) is 0. The second-order valence-corrected chi connectivity index (χ2v) is 4.89. The van der Waals surface area contributed by atoms with Crippen LogP contribution in [-0.2, 0) is 0 Å². The van der Waals surface area contributed by atoms with Crippen molar-refractivity contribution in [3.05, 3.63) is 42.5 Å². The molecule has 2 aromatic rings. The largest absolute Gasteiger partial charge is 0.319 e. The Morgan fingerprint density at radius 1 is 1.35 bits per heavy atom. The lowest BCUT2D eigenvalue weighted by Gasteiger charge is -2.22. The molecule has 6 heteroatoms. The Morgan fingerprint density at radius 3 is 2.95 bits per heavy atom.